The minimum absolute atomic E-state index is 0.132. The number of sulfonamides is 1. The number of carbonyl (C=O) groups excluding carboxylic acids is 1. The molecule has 12 heteroatoms. The van der Waals surface area contributed by atoms with Gasteiger partial charge in [0, 0.05) is 31.3 Å². The molecule has 0 radical (unpaired) electrons. The highest BCUT2D eigenvalue weighted by Crippen LogP contribution is 2.27. The Morgan fingerprint density at radius 3 is 2.47 bits per heavy atom. The number of benzene rings is 1. The number of hydrogen-bond acceptors (Lipinski definition) is 8. The third kappa shape index (κ3) is 5.25. The van der Waals surface area contributed by atoms with E-state index in [2.05, 4.69) is 15.4 Å². The van der Waals surface area contributed by atoms with Gasteiger partial charge in [-0.1, -0.05) is 0 Å². The van der Waals surface area contributed by atoms with Gasteiger partial charge in [-0.25, -0.2) is 18.1 Å². The first kappa shape index (κ1) is 24.2. The first-order valence-electron chi connectivity index (χ1n) is 10.7. The second-order valence-corrected chi connectivity index (χ2v) is 10.9. The molecule has 0 spiro atoms. The van der Waals surface area contributed by atoms with Crippen LogP contribution in [0.2, 0.25) is 0 Å². The summed E-state index contributed by atoms with van der Waals surface area (Å²) in [6.45, 7) is 5.53. The van der Waals surface area contributed by atoms with Crippen LogP contribution in [-0.4, -0.2) is 66.2 Å². The Balaban J connectivity index is 1.38. The smallest absolute Gasteiger partial charge is 0.266 e. The summed E-state index contributed by atoms with van der Waals surface area (Å²) >= 11 is 1.51. The molecule has 0 bridgehead atoms. The zero-order chi connectivity index (χ0) is 24.3. The van der Waals surface area contributed by atoms with Gasteiger partial charge < -0.3 is 10.1 Å². The second kappa shape index (κ2) is 10.1. The molecule has 1 amide bonds. The Kier molecular flexibility index (Phi) is 7.22. The third-order valence-corrected chi connectivity index (χ3v) is 8.34. The number of thiazole rings is 1. The van der Waals surface area contributed by atoms with Crippen molar-refractivity contribution < 1.29 is 17.9 Å². The van der Waals surface area contributed by atoms with Gasteiger partial charge in [0.1, 0.15) is 5.69 Å². The van der Waals surface area contributed by atoms with Crippen molar-refractivity contribution in [2.75, 3.05) is 32.8 Å². The van der Waals surface area contributed by atoms with E-state index in [1.54, 1.807) is 6.07 Å². The topological polar surface area (TPSA) is 123 Å². The van der Waals surface area contributed by atoms with Crippen molar-refractivity contribution in [3.63, 3.8) is 0 Å². The van der Waals surface area contributed by atoms with E-state index in [1.807, 2.05) is 13.8 Å². The summed E-state index contributed by atoms with van der Waals surface area (Å²) in [5, 5.41) is 8.08. The van der Waals surface area contributed by atoms with Crippen molar-refractivity contribution in [3.8, 4) is 10.6 Å². The molecule has 180 valence electrons. The van der Waals surface area contributed by atoms with Crippen LogP contribution < -0.4 is 10.9 Å². The molecule has 1 N–H and O–H groups in total. The quantitative estimate of drug-likeness (QED) is 0.517. The molecule has 1 aromatic carbocycles. The Morgan fingerprint density at radius 1 is 1.12 bits per heavy atom. The van der Waals surface area contributed by atoms with E-state index < -0.39 is 10.0 Å². The highest BCUT2D eigenvalue weighted by atomic mass is 32.2. The summed E-state index contributed by atoms with van der Waals surface area (Å²) < 4.78 is 33.3. The van der Waals surface area contributed by atoms with Crippen molar-refractivity contribution in [2.24, 2.45) is 0 Å². The van der Waals surface area contributed by atoms with Crippen molar-refractivity contribution in [1.29, 1.82) is 0 Å². The third-order valence-electron chi connectivity index (χ3n) is 5.34. The molecule has 1 saturated heterocycles. The van der Waals surface area contributed by atoms with Gasteiger partial charge in [-0.05, 0) is 44.2 Å². The molecular weight excluding hydrogens is 478 g/mol. The molecule has 3 heterocycles. The van der Waals surface area contributed by atoms with Gasteiger partial charge in [-0.2, -0.15) is 9.40 Å². The average molecular weight is 504 g/mol. The first-order chi connectivity index (χ1) is 16.3. The molecule has 0 saturated carbocycles. The van der Waals surface area contributed by atoms with Crippen LogP contribution in [-0.2, 0) is 21.3 Å². The monoisotopic (exact) mass is 503 g/mol. The molecule has 2 aromatic heterocycles. The first-order valence-corrected chi connectivity index (χ1v) is 13.0. The largest absolute Gasteiger partial charge is 0.379 e. The van der Waals surface area contributed by atoms with Gasteiger partial charge in [0.15, 0.2) is 0 Å². The van der Waals surface area contributed by atoms with Gasteiger partial charge in [0.25, 0.3) is 11.5 Å². The fraction of sp³-hybridized carbons (Fsp3) is 0.364. The fourth-order valence-corrected chi connectivity index (χ4v) is 5.88. The van der Waals surface area contributed by atoms with Crippen molar-refractivity contribution in [1.82, 2.24) is 24.4 Å². The van der Waals surface area contributed by atoms with E-state index in [-0.39, 0.29) is 29.5 Å². The van der Waals surface area contributed by atoms with Crippen LogP contribution in [0.1, 0.15) is 21.1 Å². The van der Waals surface area contributed by atoms with Crippen LogP contribution in [0.5, 0.6) is 0 Å². The number of aromatic nitrogens is 3. The van der Waals surface area contributed by atoms with Crippen LogP contribution in [0.4, 0.5) is 0 Å². The van der Waals surface area contributed by atoms with Gasteiger partial charge >= 0.3 is 0 Å². The number of aryl methyl sites for hydroxylation is 2. The standard InChI is InChI=1S/C22H25N5O5S2/c1-15-21(33-16(2)24-15)19-7-8-20(28)27(25-19)10-9-23-22(29)17-3-5-18(6-4-17)34(30,31)26-11-13-32-14-12-26/h3-8H,9-14H2,1-2H3,(H,23,29). The minimum Gasteiger partial charge on any atom is -0.379 e. The Morgan fingerprint density at radius 2 is 1.82 bits per heavy atom. The van der Waals surface area contributed by atoms with Crippen LogP contribution in [0.3, 0.4) is 0 Å². The number of hydrogen-bond donors (Lipinski definition) is 1. The molecule has 1 aliphatic heterocycles. The van der Waals surface area contributed by atoms with E-state index in [0.717, 1.165) is 15.6 Å². The normalized spacial score (nSPS) is 14.8. The lowest BCUT2D eigenvalue weighted by Gasteiger charge is -2.26. The van der Waals surface area contributed by atoms with Crippen molar-refractivity contribution >= 4 is 27.3 Å². The lowest BCUT2D eigenvalue weighted by Crippen LogP contribution is -2.40. The Bertz CT molecular complexity index is 1340. The molecule has 0 aliphatic carbocycles. The maximum Gasteiger partial charge on any atom is 0.266 e. The number of rotatable bonds is 7. The zero-order valence-corrected chi connectivity index (χ0v) is 20.5. The number of morpholine rings is 1. The highest BCUT2D eigenvalue weighted by molar-refractivity contribution is 7.89. The molecular formula is C22H25N5O5S2. The van der Waals surface area contributed by atoms with Crippen molar-refractivity contribution in [3.05, 3.63) is 63.0 Å². The Labute approximate surface area is 201 Å². The molecule has 0 atom stereocenters. The van der Waals surface area contributed by atoms with Crippen LogP contribution >= 0.6 is 11.3 Å². The molecule has 10 nitrogen and oxygen atoms in total. The summed E-state index contributed by atoms with van der Waals surface area (Å²) in [5.41, 5.74) is 1.57. The SMILES string of the molecule is Cc1nc(C)c(-c2ccc(=O)n(CCNC(=O)c3ccc(S(=O)(=O)N4CCOCC4)cc3)n2)s1. The van der Waals surface area contributed by atoms with Crippen LogP contribution in [0.15, 0.2) is 46.1 Å². The van der Waals surface area contributed by atoms with Gasteiger partial charge in [0.05, 0.1) is 40.2 Å². The summed E-state index contributed by atoms with van der Waals surface area (Å²) in [4.78, 5) is 30.2. The van der Waals surface area contributed by atoms with Gasteiger partial charge in [-0.15, -0.1) is 11.3 Å². The molecule has 0 unspecified atom stereocenters. The predicted molar refractivity (Wildman–Crippen MR) is 127 cm³/mol. The Hall–Kier alpha value is -2.93. The molecule has 3 aromatic rings. The van der Waals surface area contributed by atoms with Crippen LogP contribution in [0.25, 0.3) is 10.6 Å². The molecule has 1 fully saturated rings. The number of nitrogens with zero attached hydrogens (tertiary/aromatic N) is 4. The van der Waals surface area contributed by atoms with E-state index in [9.17, 15) is 18.0 Å². The fourth-order valence-electron chi connectivity index (χ4n) is 3.59. The second-order valence-electron chi connectivity index (χ2n) is 7.72. The average Bonchev–Trinajstić information content (AvgIpc) is 3.18. The lowest BCUT2D eigenvalue weighted by atomic mass is 10.2. The van der Waals surface area contributed by atoms with E-state index in [0.29, 0.717) is 37.6 Å². The van der Waals surface area contributed by atoms with E-state index >= 15 is 0 Å². The number of amides is 1. The van der Waals surface area contributed by atoms with E-state index in [4.69, 9.17) is 4.74 Å². The molecule has 1 aliphatic rings. The summed E-state index contributed by atoms with van der Waals surface area (Å²) in [6.07, 6.45) is 0. The summed E-state index contributed by atoms with van der Waals surface area (Å²) in [5.74, 6) is -0.367. The zero-order valence-electron chi connectivity index (χ0n) is 18.9. The van der Waals surface area contributed by atoms with Crippen LogP contribution in [0, 0.1) is 13.8 Å². The van der Waals surface area contributed by atoms with Gasteiger partial charge in [0.2, 0.25) is 10.0 Å². The van der Waals surface area contributed by atoms with Crippen molar-refractivity contribution in [2.45, 2.75) is 25.3 Å². The number of nitrogens with one attached hydrogen (secondary N) is 1. The molecule has 34 heavy (non-hydrogen) atoms. The highest BCUT2D eigenvalue weighted by Gasteiger charge is 2.26. The van der Waals surface area contributed by atoms with Gasteiger partial charge in [-0.3, -0.25) is 9.59 Å². The number of ether oxygens (including phenoxy) is 1. The number of carbonyl (C=O) groups is 1. The van der Waals surface area contributed by atoms with E-state index in [1.165, 1.54) is 50.7 Å². The summed E-state index contributed by atoms with van der Waals surface area (Å²) in [7, 11) is -3.62. The predicted octanol–water partition coefficient (Wildman–Crippen LogP) is 1.43. The lowest BCUT2D eigenvalue weighted by molar-refractivity contribution is 0.0730. The maximum absolute atomic E-state index is 12.7. The summed E-state index contributed by atoms with van der Waals surface area (Å²) in [6, 6.07) is 8.92. The minimum atomic E-state index is -3.62. The maximum atomic E-state index is 12.7. The molecule has 4 rings (SSSR count).